The maximum absolute atomic E-state index is 11.9. The third-order valence-electron chi connectivity index (χ3n) is 2.92. The highest BCUT2D eigenvalue weighted by molar-refractivity contribution is 7.99. The Bertz CT molecular complexity index is 370. The molecule has 0 fully saturated rings. The van der Waals surface area contributed by atoms with Gasteiger partial charge < -0.3 is 11.1 Å². The molecule has 0 saturated heterocycles. The summed E-state index contributed by atoms with van der Waals surface area (Å²) in [5.74, 6) is 2.14. The van der Waals surface area contributed by atoms with Crippen molar-refractivity contribution in [2.75, 3.05) is 11.5 Å². The fraction of sp³-hybridized carbons (Fsp3) is 0.533. The van der Waals surface area contributed by atoms with Gasteiger partial charge in [-0.05, 0) is 36.8 Å². The topological polar surface area (TPSA) is 55.1 Å². The summed E-state index contributed by atoms with van der Waals surface area (Å²) >= 11 is 1.89. The molecule has 0 heterocycles. The van der Waals surface area contributed by atoms with Crippen LogP contribution in [-0.4, -0.2) is 29.5 Å². The van der Waals surface area contributed by atoms with Crippen LogP contribution in [0.15, 0.2) is 30.3 Å². The van der Waals surface area contributed by atoms with Crippen molar-refractivity contribution in [1.82, 2.24) is 5.32 Å². The summed E-state index contributed by atoms with van der Waals surface area (Å²) in [7, 11) is 0. The van der Waals surface area contributed by atoms with Crippen LogP contribution in [0.5, 0.6) is 0 Å². The zero-order valence-corrected chi connectivity index (χ0v) is 12.6. The molecule has 0 bridgehead atoms. The van der Waals surface area contributed by atoms with E-state index < -0.39 is 6.04 Å². The van der Waals surface area contributed by atoms with E-state index in [1.165, 1.54) is 0 Å². The minimum absolute atomic E-state index is 0.0575. The van der Waals surface area contributed by atoms with E-state index in [1.807, 2.05) is 49.0 Å². The third-order valence-corrected chi connectivity index (χ3v) is 3.86. The first kappa shape index (κ1) is 16.1. The lowest BCUT2D eigenvalue weighted by atomic mass is 10.1. The Labute approximate surface area is 120 Å². The van der Waals surface area contributed by atoms with Gasteiger partial charge in [-0.2, -0.15) is 11.8 Å². The van der Waals surface area contributed by atoms with Crippen molar-refractivity contribution in [3.05, 3.63) is 35.9 Å². The molecule has 1 amide bonds. The molecule has 1 unspecified atom stereocenters. The van der Waals surface area contributed by atoms with Crippen LogP contribution in [0.4, 0.5) is 0 Å². The standard InChI is InChI=1S/C15H24N2OS/c1-3-19-10-9-12(2)17-15(18)14(16)11-13-7-5-4-6-8-13/h4-8,12,14H,3,9-11,16H2,1-2H3,(H,17,18)/t12?,14-/m0/s1. The summed E-state index contributed by atoms with van der Waals surface area (Å²) in [5, 5.41) is 2.98. The van der Waals surface area contributed by atoms with E-state index in [-0.39, 0.29) is 11.9 Å². The number of hydrogen-bond acceptors (Lipinski definition) is 3. The predicted molar refractivity (Wildman–Crippen MR) is 83.3 cm³/mol. The van der Waals surface area contributed by atoms with Crippen molar-refractivity contribution in [3.8, 4) is 0 Å². The van der Waals surface area contributed by atoms with Crippen LogP contribution in [0.2, 0.25) is 0 Å². The number of carbonyl (C=O) groups is 1. The molecule has 0 saturated carbocycles. The minimum Gasteiger partial charge on any atom is -0.352 e. The van der Waals surface area contributed by atoms with E-state index in [0.29, 0.717) is 6.42 Å². The lowest BCUT2D eigenvalue weighted by Crippen LogP contribution is -2.45. The number of benzene rings is 1. The van der Waals surface area contributed by atoms with E-state index in [9.17, 15) is 4.79 Å². The van der Waals surface area contributed by atoms with E-state index >= 15 is 0 Å². The van der Waals surface area contributed by atoms with Crippen LogP contribution in [0, 0.1) is 0 Å². The van der Waals surface area contributed by atoms with Crippen molar-refractivity contribution in [2.24, 2.45) is 5.73 Å². The summed E-state index contributed by atoms with van der Waals surface area (Å²) in [5.41, 5.74) is 7.03. The molecule has 1 rings (SSSR count). The molecule has 2 atom stereocenters. The molecule has 19 heavy (non-hydrogen) atoms. The lowest BCUT2D eigenvalue weighted by molar-refractivity contribution is -0.122. The van der Waals surface area contributed by atoms with Gasteiger partial charge in [0.05, 0.1) is 6.04 Å². The summed E-state index contributed by atoms with van der Waals surface area (Å²) in [6.07, 6.45) is 1.57. The Morgan fingerprint density at radius 1 is 1.37 bits per heavy atom. The Kier molecular flexibility index (Phi) is 7.60. The zero-order chi connectivity index (χ0) is 14.1. The molecule has 0 radical (unpaired) electrons. The van der Waals surface area contributed by atoms with Crippen LogP contribution in [0.1, 0.15) is 25.8 Å². The molecule has 106 valence electrons. The van der Waals surface area contributed by atoms with Gasteiger partial charge in [0.1, 0.15) is 0 Å². The second-order valence-electron chi connectivity index (χ2n) is 4.69. The van der Waals surface area contributed by atoms with E-state index in [2.05, 4.69) is 12.2 Å². The summed E-state index contributed by atoms with van der Waals surface area (Å²) in [4.78, 5) is 11.9. The fourth-order valence-corrected chi connectivity index (χ4v) is 2.60. The maximum atomic E-state index is 11.9. The summed E-state index contributed by atoms with van der Waals surface area (Å²) in [6.45, 7) is 4.17. The van der Waals surface area contributed by atoms with Crippen LogP contribution in [-0.2, 0) is 11.2 Å². The van der Waals surface area contributed by atoms with Crippen LogP contribution < -0.4 is 11.1 Å². The normalized spacial score (nSPS) is 13.8. The number of amides is 1. The number of rotatable bonds is 8. The van der Waals surface area contributed by atoms with Gasteiger partial charge in [-0.25, -0.2) is 0 Å². The van der Waals surface area contributed by atoms with E-state index in [0.717, 1.165) is 23.5 Å². The van der Waals surface area contributed by atoms with Gasteiger partial charge in [0, 0.05) is 6.04 Å². The predicted octanol–water partition coefficient (Wildman–Crippen LogP) is 2.20. The second kappa shape index (κ2) is 8.99. The SMILES string of the molecule is CCSCCC(C)NC(=O)[C@@H](N)Cc1ccccc1. The van der Waals surface area contributed by atoms with Gasteiger partial charge in [-0.3, -0.25) is 4.79 Å². The number of nitrogens with two attached hydrogens (primary N) is 1. The first-order valence-corrected chi connectivity index (χ1v) is 7.96. The average molecular weight is 280 g/mol. The molecular formula is C15H24N2OS. The maximum Gasteiger partial charge on any atom is 0.237 e. The molecule has 0 aliphatic rings. The highest BCUT2D eigenvalue weighted by atomic mass is 32.2. The van der Waals surface area contributed by atoms with Crippen molar-refractivity contribution < 1.29 is 4.79 Å². The summed E-state index contributed by atoms with van der Waals surface area (Å²) in [6, 6.07) is 9.60. The highest BCUT2D eigenvalue weighted by Crippen LogP contribution is 2.05. The number of thioether (sulfide) groups is 1. The van der Waals surface area contributed by atoms with Crippen molar-refractivity contribution in [3.63, 3.8) is 0 Å². The van der Waals surface area contributed by atoms with Crippen LogP contribution in [0.3, 0.4) is 0 Å². The smallest absolute Gasteiger partial charge is 0.237 e. The molecule has 4 heteroatoms. The highest BCUT2D eigenvalue weighted by Gasteiger charge is 2.15. The van der Waals surface area contributed by atoms with Crippen LogP contribution >= 0.6 is 11.8 Å². The number of nitrogens with one attached hydrogen (secondary N) is 1. The van der Waals surface area contributed by atoms with Gasteiger partial charge in [0.15, 0.2) is 0 Å². The van der Waals surface area contributed by atoms with Gasteiger partial charge >= 0.3 is 0 Å². The van der Waals surface area contributed by atoms with E-state index in [4.69, 9.17) is 5.73 Å². The quantitative estimate of drug-likeness (QED) is 0.718. The first-order valence-electron chi connectivity index (χ1n) is 6.81. The molecule has 0 aliphatic carbocycles. The average Bonchev–Trinajstić information content (AvgIpc) is 2.40. The van der Waals surface area contributed by atoms with Gasteiger partial charge in [0.2, 0.25) is 5.91 Å². The lowest BCUT2D eigenvalue weighted by Gasteiger charge is -2.17. The minimum atomic E-state index is -0.469. The van der Waals surface area contributed by atoms with Gasteiger partial charge in [-0.1, -0.05) is 37.3 Å². The van der Waals surface area contributed by atoms with Gasteiger partial charge in [-0.15, -0.1) is 0 Å². The van der Waals surface area contributed by atoms with Crippen molar-refractivity contribution >= 4 is 17.7 Å². The van der Waals surface area contributed by atoms with Crippen molar-refractivity contribution in [1.29, 1.82) is 0 Å². The Balaban J connectivity index is 2.32. The van der Waals surface area contributed by atoms with Crippen molar-refractivity contribution in [2.45, 2.75) is 38.8 Å². The zero-order valence-electron chi connectivity index (χ0n) is 11.8. The Hall–Kier alpha value is -1.00. The molecule has 0 aliphatic heterocycles. The molecule has 0 aromatic heterocycles. The third kappa shape index (κ3) is 6.64. The first-order chi connectivity index (χ1) is 9.13. The number of carbonyl (C=O) groups excluding carboxylic acids is 1. The molecule has 1 aromatic rings. The fourth-order valence-electron chi connectivity index (χ4n) is 1.79. The monoisotopic (exact) mass is 280 g/mol. The molecular weight excluding hydrogens is 256 g/mol. The largest absolute Gasteiger partial charge is 0.352 e. The Morgan fingerprint density at radius 2 is 2.05 bits per heavy atom. The molecule has 1 aromatic carbocycles. The van der Waals surface area contributed by atoms with Gasteiger partial charge in [0.25, 0.3) is 0 Å². The second-order valence-corrected chi connectivity index (χ2v) is 6.09. The Morgan fingerprint density at radius 3 is 2.68 bits per heavy atom. The summed E-state index contributed by atoms with van der Waals surface area (Å²) < 4.78 is 0. The number of hydrogen-bond donors (Lipinski definition) is 2. The van der Waals surface area contributed by atoms with E-state index in [1.54, 1.807) is 0 Å². The molecule has 3 nitrogen and oxygen atoms in total. The molecule has 0 spiro atoms. The van der Waals surface area contributed by atoms with Crippen LogP contribution in [0.25, 0.3) is 0 Å². The molecule has 3 N–H and O–H groups in total.